The van der Waals surface area contributed by atoms with E-state index in [0.717, 1.165) is 39.0 Å². The summed E-state index contributed by atoms with van der Waals surface area (Å²) >= 11 is 0. The first-order valence-corrected chi connectivity index (χ1v) is 17.8. The third kappa shape index (κ3) is 4.78. The maximum absolute atomic E-state index is 6.55. The number of furan rings is 1. The van der Waals surface area contributed by atoms with Crippen molar-refractivity contribution >= 4 is 60.5 Å². The van der Waals surface area contributed by atoms with Gasteiger partial charge < -0.3 is 9.32 Å². The van der Waals surface area contributed by atoms with E-state index in [1.807, 2.05) is 6.07 Å². The molecule has 1 aromatic heterocycles. The minimum atomic E-state index is 0.143. The molecule has 244 valence electrons. The van der Waals surface area contributed by atoms with Crippen LogP contribution in [-0.4, -0.2) is 0 Å². The van der Waals surface area contributed by atoms with E-state index in [4.69, 9.17) is 4.42 Å². The molecule has 8 aromatic carbocycles. The summed E-state index contributed by atoms with van der Waals surface area (Å²) in [6, 6.07) is 55.8. The lowest BCUT2D eigenvalue weighted by Crippen LogP contribution is -2.10. The predicted molar refractivity (Wildman–Crippen MR) is 217 cm³/mol. The molecule has 0 fully saturated rings. The van der Waals surface area contributed by atoms with Crippen LogP contribution in [0.3, 0.4) is 0 Å². The lowest BCUT2D eigenvalue weighted by molar-refractivity contribution is 0.590. The molecule has 0 amide bonds. The van der Waals surface area contributed by atoms with Gasteiger partial charge in [-0.05, 0) is 140 Å². The van der Waals surface area contributed by atoms with Gasteiger partial charge in [0.05, 0.1) is 5.69 Å². The van der Waals surface area contributed by atoms with E-state index in [0.29, 0.717) is 0 Å². The Kier molecular flexibility index (Phi) is 6.38. The van der Waals surface area contributed by atoms with Gasteiger partial charge in [0.2, 0.25) is 0 Å². The van der Waals surface area contributed by atoms with Gasteiger partial charge in [-0.2, -0.15) is 0 Å². The molecule has 10 rings (SSSR count). The molecule has 0 unspecified atom stereocenters. The highest BCUT2D eigenvalue weighted by molar-refractivity contribution is 6.13. The predicted octanol–water partition coefficient (Wildman–Crippen LogP) is 14.3. The first-order chi connectivity index (χ1) is 24.8. The van der Waals surface area contributed by atoms with Crippen molar-refractivity contribution in [1.82, 2.24) is 0 Å². The standard InChI is InChI=1S/C49H37NO/c1-30-12-21-38(22-13-30)50(46-10-7-9-41-40-8-5-6-11-47(40)51-48(41)46)39-23-18-34-27-43-42-26-33-15-14-32(31-16-19-37(20-17-31)49(2,3)4)24-35(33)28-44(42)45(43)29-36(34)25-39/h5-29H,1-4H3. The largest absolute Gasteiger partial charge is 0.454 e. The monoisotopic (exact) mass is 655 g/mol. The van der Waals surface area contributed by atoms with Gasteiger partial charge in [-0.15, -0.1) is 0 Å². The molecule has 9 aromatic rings. The number of aryl methyl sites for hydroxylation is 1. The van der Waals surface area contributed by atoms with Gasteiger partial charge in [0, 0.05) is 22.1 Å². The third-order valence-corrected chi connectivity index (χ3v) is 10.8. The number of anilines is 3. The number of benzene rings is 8. The van der Waals surface area contributed by atoms with Gasteiger partial charge in [0.25, 0.3) is 0 Å². The Hall–Kier alpha value is -6.12. The molecule has 2 heteroatoms. The van der Waals surface area contributed by atoms with Crippen LogP contribution in [0.1, 0.15) is 31.9 Å². The fourth-order valence-corrected chi connectivity index (χ4v) is 7.92. The zero-order valence-corrected chi connectivity index (χ0v) is 29.3. The van der Waals surface area contributed by atoms with Crippen molar-refractivity contribution in [2.45, 2.75) is 33.1 Å². The smallest absolute Gasteiger partial charge is 0.159 e. The van der Waals surface area contributed by atoms with Crippen molar-refractivity contribution in [2.75, 3.05) is 4.90 Å². The van der Waals surface area contributed by atoms with Crippen molar-refractivity contribution in [3.05, 3.63) is 163 Å². The van der Waals surface area contributed by atoms with E-state index < -0.39 is 0 Å². The Bertz CT molecular complexity index is 2830. The quantitative estimate of drug-likeness (QED) is 0.188. The van der Waals surface area contributed by atoms with Gasteiger partial charge in [-0.1, -0.05) is 111 Å². The fraction of sp³-hybridized carbons (Fsp3) is 0.102. The molecule has 2 nitrogen and oxygen atoms in total. The summed E-state index contributed by atoms with van der Waals surface area (Å²) in [6.45, 7) is 8.93. The molecular weight excluding hydrogens is 619 g/mol. The minimum Gasteiger partial charge on any atom is -0.454 e. The molecule has 0 spiro atoms. The molecule has 1 aliphatic rings. The van der Waals surface area contributed by atoms with Crippen LogP contribution in [0.2, 0.25) is 0 Å². The molecule has 51 heavy (non-hydrogen) atoms. The minimum absolute atomic E-state index is 0.143. The number of para-hydroxylation sites is 2. The summed E-state index contributed by atoms with van der Waals surface area (Å²) in [5, 5.41) is 7.26. The zero-order valence-electron chi connectivity index (χ0n) is 29.3. The van der Waals surface area contributed by atoms with Crippen LogP contribution in [-0.2, 0) is 5.41 Å². The molecule has 0 saturated heterocycles. The summed E-state index contributed by atoms with van der Waals surface area (Å²) in [5.74, 6) is 0. The average molecular weight is 656 g/mol. The highest BCUT2D eigenvalue weighted by atomic mass is 16.3. The lowest BCUT2D eigenvalue weighted by Gasteiger charge is -2.28. The second-order valence-corrected chi connectivity index (χ2v) is 15.1. The van der Waals surface area contributed by atoms with Gasteiger partial charge in [0.1, 0.15) is 5.58 Å². The Morgan fingerprint density at radius 1 is 0.471 bits per heavy atom. The van der Waals surface area contributed by atoms with Crippen LogP contribution in [0.4, 0.5) is 17.1 Å². The zero-order chi connectivity index (χ0) is 34.4. The Morgan fingerprint density at radius 3 is 1.76 bits per heavy atom. The number of fused-ring (bicyclic) bond motifs is 9. The second kappa shape index (κ2) is 10.9. The molecule has 0 bridgehead atoms. The number of hydrogen-bond donors (Lipinski definition) is 0. The molecule has 0 atom stereocenters. The van der Waals surface area contributed by atoms with Crippen molar-refractivity contribution in [2.24, 2.45) is 0 Å². The van der Waals surface area contributed by atoms with E-state index in [9.17, 15) is 0 Å². The molecule has 0 N–H and O–H groups in total. The molecule has 1 heterocycles. The average Bonchev–Trinajstić information content (AvgIpc) is 3.53. The van der Waals surface area contributed by atoms with E-state index >= 15 is 0 Å². The summed E-state index contributed by atoms with van der Waals surface area (Å²) in [4.78, 5) is 2.33. The van der Waals surface area contributed by atoms with Crippen molar-refractivity contribution in [3.8, 4) is 33.4 Å². The van der Waals surface area contributed by atoms with Crippen LogP contribution < -0.4 is 4.90 Å². The van der Waals surface area contributed by atoms with Gasteiger partial charge in [-0.25, -0.2) is 0 Å². The summed E-state index contributed by atoms with van der Waals surface area (Å²) < 4.78 is 6.55. The normalized spacial score (nSPS) is 12.3. The maximum atomic E-state index is 6.55. The Morgan fingerprint density at radius 2 is 1.06 bits per heavy atom. The summed E-state index contributed by atoms with van der Waals surface area (Å²) in [5.41, 5.74) is 15.6. The summed E-state index contributed by atoms with van der Waals surface area (Å²) in [6.07, 6.45) is 0. The maximum Gasteiger partial charge on any atom is 0.159 e. The van der Waals surface area contributed by atoms with Crippen LogP contribution >= 0.6 is 0 Å². The Labute approximate surface area is 298 Å². The second-order valence-electron chi connectivity index (χ2n) is 15.1. The first kappa shape index (κ1) is 29.8. The van der Waals surface area contributed by atoms with Crippen LogP contribution in [0.5, 0.6) is 0 Å². The molecule has 1 aliphatic carbocycles. The molecular formula is C49H37NO. The fourth-order valence-electron chi connectivity index (χ4n) is 7.92. The van der Waals surface area contributed by atoms with Crippen LogP contribution in [0, 0.1) is 6.92 Å². The third-order valence-electron chi connectivity index (χ3n) is 10.8. The van der Waals surface area contributed by atoms with E-state index in [1.54, 1.807) is 0 Å². The van der Waals surface area contributed by atoms with Crippen molar-refractivity contribution < 1.29 is 4.42 Å². The van der Waals surface area contributed by atoms with Crippen LogP contribution in [0.15, 0.2) is 156 Å². The number of nitrogens with zero attached hydrogens (tertiary/aromatic N) is 1. The van der Waals surface area contributed by atoms with E-state index in [1.165, 1.54) is 66.1 Å². The van der Waals surface area contributed by atoms with Crippen molar-refractivity contribution in [3.63, 3.8) is 0 Å². The number of rotatable bonds is 4. The van der Waals surface area contributed by atoms with Gasteiger partial charge >= 0.3 is 0 Å². The molecule has 0 aliphatic heterocycles. The topological polar surface area (TPSA) is 16.4 Å². The van der Waals surface area contributed by atoms with E-state index in [-0.39, 0.29) is 5.41 Å². The highest BCUT2D eigenvalue weighted by Gasteiger charge is 2.25. The van der Waals surface area contributed by atoms with Gasteiger partial charge in [-0.3, -0.25) is 0 Å². The van der Waals surface area contributed by atoms with Crippen LogP contribution in [0.25, 0.3) is 76.9 Å². The number of hydrogen-bond acceptors (Lipinski definition) is 2. The Balaban J connectivity index is 1.07. The SMILES string of the molecule is Cc1ccc(N(c2ccc3cc4c(cc3c2)-c2cc3cc(-c5ccc(C(C)(C)C)cc5)ccc3cc2-4)c2cccc3c2oc2ccccc23)cc1. The lowest BCUT2D eigenvalue weighted by atomic mass is 9.77. The van der Waals surface area contributed by atoms with E-state index in [2.05, 4.69) is 178 Å². The highest BCUT2D eigenvalue weighted by Crippen LogP contribution is 2.51. The first-order valence-electron chi connectivity index (χ1n) is 17.8. The van der Waals surface area contributed by atoms with Gasteiger partial charge in [0.15, 0.2) is 5.58 Å². The van der Waals surface area contributed by atoms with Crippen molar-refractivity contribution in [1.29, 1.82) is 0 Å². The summed E-state index contributed by atoms with van der Waals surface area (Å²) in [7, 11) is 0. The molecule has 0 radical (unpaired) electrons. The molecule has 0 saturated carbocycles.